The maximum Gasteiger partial charge on any atom is 0.243 e. The molecule has 0 radical (unpaired) electrons. The third-order valence-corrected chi connectivity index (χ3v) is 5.74. The number of likely N-dealkylation sites (N-methyl/N-ethyl adjacent to an activating group) is 2. The molecule has 28 heavy (non-hydrogen) atoms. The number of aliphatic imine (C=N–C) groups is 1. The predicted molar refractivity (Wildman–Crippen MR) is 131 cm³/mol. The number of thiazole rings is 1. The van der Waals surface area contributed by atoms with Gasteiger partial charge in [0.05, 0.1) is 5.01 Å². The topological polar surface area (TPSA) is 60.8 Å². The van der Waals surface area contributed by atoms with Gasteiger partial charge in [-0.3, -0.25) is 4.79 Å². The van der Waals surface area contributed by atoms with Crippen LogP contribution in [0.3, 0.4) is 0 Å². The molecule has 2 unspecified atom stereocenters. The van der Waals surface area contributed by atoms with Gasteiger partial charge in [-0.05, 0) is 12.3 Å². The highest BCUT2D eigenvalue weighted by Crippen LogP contribution is 2.18. The Morgan fingerprint density at radius 3 is 2.57 bits per heavy atom. The summed E-state index contributed by atoms with van der Waals surface area (Å²) in [5.41, 5.74) is 0. The second kappa shape index (κ2) is 15.0. The number of halogens is 1. The number of carbonyl (C=O) groups excluding carboxylic acids is 1. The number of unbranched alkanes of at least 4 members (excludes halogenated alkanes) is 1. The molecule has 0 fully saturated rings. The minimum absolute atomic E-state index is 0. The van der Waals surface area contributed by atoms with Crippen LogP contribution in [-0.2, 0) is 4.79 Å². The molecule has 0 aliphatic rings. The van der Waals surface area contributed by atoms with Gasteiger partial charge in [-0.25, -0.2) is 9.98 Å². The van der Waals surface area contributed by atoms with Crippen LogP contribution in [0.4, 0.5) is 0 Å². The molecule has 8 heteroatoms. The van der Waals surface area contributed by atoms with Crippen molar-refractivity contribution in [3.63, 3.8) is 0 Å². The highest BCUT2D eigenvalue weighted by atomic mass is 127. The third-order valence-electron chi connectivity index (χ3n) is 4.74. The normalized spacial score (nSPS) is 13.4. The van der Waals surface area contributed by atoms with Gasteiger partial charge in [0, 0.05) is 51.7 Å². The summed E-state index contributed by atoms with van der Waals surface area (Å²) in [6.45, 7) is 8.50. The number of hydrogen-bond acceptors (Lipinski definition) is 4. The van der Waals surface area contributed by atoms with Gasteiger partial charge in [0.2, 0.25) is 5.91 Å². The lowest BCUT2D eigenvalue weighted by Crippen LogP contribution is -2.43. The zero-order valence-electron chi connectivity index (χ0n) is 18.3. The summed E-state index contributed by atoms with van der Waals surface area (Å²) >= 11 is 1.68. The molecule has 0 aromatic carbocycles. The smallest absolute Gasteiger partial charge is 0.243 e. The van der Waals surface area contributed by atoms with Crippen LogP contribution >= 0.6 is 35.3 Å². The van der Waals surface area contributed by atoms with E-state index in [0.29, 0.717) is 11.8 Å². The maximum atomic E-state index is 12.0. The van der Waals surface area contributed by atoms with Crippen LogP contribution in [-0.4, -0.2) is 67.4 Å². The zero-order valence-corrected chi connectivity index (χ0v) is 21.4. The van der Waals surface area contributed by atoms with Gasteiger partial charge in [-0.15, -0.1) is 35.3 Å². The van der Waals surface area contributed by atoms with Crippen molar-refractivity contribution >= 4 is 47.2 Å². The molecule has 2 atom stereocenters. The summed E-state index contributed by atoms with van der Waals surface area (Å²) in [5, 5.41) is 6.65. The largest absolute Gasteiger partial charge is 0.356 e. The SMILES string of the molecule is CCCCC(CC)CNC(=NCC(=O)N(C)C)N(C)CC(C)c1nccs1.I. The van der Waals surface area contributed by atoms with Crippen LogP contribution in [0.1, 0.15) is 57.4 Å². The summed E-state index contributed by atoms with van der Waals surface area (Å²) in [6, 6.07) is 0. The quantitative estimate of drug-likeness (QED) is 0.270. The lowest BCUT2D eigenvalue weighted by molar-refractivity contribution is -0.127. The standard InChI is InChI=1S/C20H37N5OS.HI/c1-7-9-10-17(8-2)13-22-20(23-14-18(26)24(4)5)25(6)15-16(3)19-21-11-12-27-19;/h11-12,16-17H,7-10,13-15H2,1-6H3,(H,22,23);1H. The molecular weight excluding hydrogens is 485 g/mol. The second-order valence-electron chi connectivity index (χ2n) is 7.38. The number of carbonyl (C=O) groups is 1. The molecule has 0 aliphatic carbocycles. The van der Waals surface area contributed by atoms with Crippen molar-refractivity contribution in [1.82, 2.24) is 20.1 Å². The first-order valence-electron chi connectivity index (χ1n) is 9.97. The van der Waals surface area contributed by atoms with Gasteiger partial charge in [0.25, 0.3) is 0 Å². The maximum absolute atomic E-state index is 12.0. The fourth-order valence-electron chi connectivity index (χ4n) is 2.83. The van der Waals surface area contributed by atoms with Crippen LogP contribution in [0.2, 0.25) is 0 Å². The van der Waals surface area contributed by atoms with Gasteiger partial charge in [0.1, 0.15) is 6.54 Å². The van der Waals surface area contributed by atoms with E-state index in [2.05, 4.69) is 41.0 Å². The molecule has 0 aliphatic heterocycles. The molecule has 1 rings (SSSR count). The Morgan fingerprint density at radius 2 is 2.04 bits per heavy atom. The van der Waals surface area contributed by atoms with E-state index in [9.17, 15) is 4.79 Å². The van der Waals surface area contributed by atoms with Gasteiger partial charge in [0.15, 0.2) is 5.96 Å². The molecule has 162 valence electrons. The first-order valence-corrected chi connectivity index (χ1v) is 10.9. The van der Waals surface area contributed by atoms with Crippen LogP contribution in [0.5, 0.6) is 0 Å². The van der Waals surface area contributed by atoms with Crippen molar-refractivity contribution in [2.75, 3.05) is 40.8 Å². The summed E-state index contributed by atoms with van der Waals surface area (Å²) < 4.78 is 0. The Kier molecular flexibility index (Phi) is 14.5. The zero-order chi connectivity index (χ0) is 20.2. The Bertz CT molecular complexity index is 565. The number of aromatic nitrogens is 1. The fourth-order valence-corrected chi connectivity index (χ4v) is 3.52. The van der Waals surface area contributed by atoms with Crippen molar-refractivity contribution in [3.8, 4) is 0 Å². The van der Waals surface area contributed by atoms with E-state index in [4.69, 9.17) is 0 Å². The Labute approximate surface area is 192 Å². The number of guanidine groups is 1. The summed E-state index contributed by atoms with van der Waals surface area (Å²) in [4.78, 5) is 24.7. The monoisotopic (exact) mass is 523 g/mol. The number of nitrogens with one attached hydrogen (secondary N) is 1. The molecule has 6 nitrogen and oxygen atoms in total. The van der Waals surface area contributed by atoms with Crippen molar-refractivity contribution in [3.05, 3.63) is 16.6 Å². The van der Waals surface area contributed by atoms with Gasteiger partial charge >= 0.3 is 0 Å². The van der Waals surface area contributed by atoms with E-state index >= 15 is 0 Å². The van der Waals surface area contributed by atoms with Crippen LogP contribution in [0, 0.1) is 5.92 Å². The van der Waals surface area contributed by atoms with Crippen molar-refractivity contribution in [2.45, 2.75) is 52.4 Å². The molecular formula is C20H38IN5OS. The minimum atomic E-state index is 0. The van der Waals surface area contributed by atoms with Gasteiger partial charge in [-0.2, -0.15) is 0 Å². The first kappa shape index (κ1) is 27.1. The van der Waals surface area contributed by atoms with Crippen molar-refractivity contribution in [2.24, 2.45) is 10.9 Å². The molecule has 0 saturated heterocycles. The molecule has 1 aromatic rings. The summed E-state index contributed by atoms with van der Waals surface area (Å²) in [7, 11) is 5.55. The lowest BCUT2D eigenvalue weighted by atomic mass is 9.99. The van der Waals surface area contributed by atoms with Crippen LogP contribution in [0.25, 0.3) is 0 Å². The molecule has 1 N–H and O–H groups in total. The first-order chi connectivity index (χ1) is 12.9. The summed E-state index contributed by atoms with van der Waals surface area (Å²) in [5.74, 6) is 1.75. The van der Waals surface area contributed by atoms with E-state index < -0.39 is 0 Å². The highest BCUT2D eigenvalue weighted by molar-refractivity contribution is 14.0. The summed E-state index contributed by atoms with van der Waals surface area (Å²) in [6.07, 6.45) is 6.70. The lowest BCUT2D eigenvalue weighted by Gasteiger charge is -2.26. The van der Waals surface area contributed by atoms with Crippen LogP contribution < -0.4 is 5.32 Å². The molecule has 1 amide bonds. The predicted octanol–water partition coefficient (Wildman–Crippen LogP) is 4.05. The molecule has 1 aromatic heterocycles. The minimum Gasteiger partial charge on any atom is -0.356 e. The second-order valence-corrected chi connectivity index (χ2v) is 8.30. The Hall–Kier alpha value is -0.900. The average molecular weight is 524 g/mol. The highest BCUT2D eigenvalue weighted by Gasteiger charge is 2.16. The number of rotatable bonds is 11. The van der Waals surface area contributed by atoms with Gasteiger partial charge < -0.3 is 15.1 Å². The Morgan fingerprint density at radius 1 is 1.32 bits per heavy atom. The average Bonchev–Trinajstić information content (AvgIpc) is 3.18. The van der Waals surface area contributed by atoms with Crippen LogP contribution in [0.15, 0.2) is 16.6 Å². The molecule has 0 spiro atoms. The fraction of sp³-hybridized carbons (Fsp3) is 0.750. The number of nitrogens with zero attached hydrogens (tertiary/aromatic N) is 4. The van der Waals surface area contributed by atoms with E-state index in [1.807, 2.05) is 18.6 Å². The van der Waals surface area contributed by atoms with E-state index in [1.54, 1.807) is 30.3 Å². The van der Waals surface area contributed by atoms with Crippen molar-refractivity contribution < 1.29 is 4.79 Å². The molecule has 0 saturated carbocycles. The third kappa shape index (κ3) is 10.0. The number of hydrogen-bond donors (Lipinski definition) is 1. The van der Waals surface area contributed by atoms with Crippen molar-refractivity contribution in [1.29, 1.82) is 0 Å². The van der Waals surface area contributed by atoms with E-state index in [1.165, 1.54) is 19.3 Å². The van der Waals surface area contributed by atoms with E-state index in [-0.39, 0.29) is 36.4 Å². The van der Waals surface area contributed by atoms with Gasteiger partial charge in [-0.1, -0.05) is 40.0 Å². The van der Waals surface area contributed by atoms with E-state index in [0.717, 1.165) is 30.5 Å². The molecule has 0 bridgehead atoms. The number of amides is 1. The Balaban J connectivity index is 0.00000729. The molecule has 1 heterocycles.